The predicted molar refractivity (Wildman–Crippen MR) is 146 cm³/mol. The van der Waals surface area contributed by atoms with E-state index in [1.165, 1.54) is 0 Å². The van der Waals surface area contributed by atoms with Crippen LogP contribution < -0.4 is 11.1 Å². The number of unbranched alkanes of at least 4 members (excludes halogenated alkanes) is 1. The van der Waals surface area contributed by atoms with Gasteiger partial charge in [0.05, 0.1) is 31.2 Å². The van der Waals surface area contributed by atoms with Crippen LogP contribution in [0, 0.1) is 11.3 Å². The van der Waals surface area contributed by atoms with Gasteiger partial charge >= 0.3 is 5.97 Å². The van der Waals surface area contributed by atoms with Crippen LogP contribution in [0.5, 0.6) is 0 Å². The summed E-state index contributed by atoms with van der Waals surface area (Å²) in [5, 5.41) is 13.3. The molecule has 0 aromatic rings. The molecule has 0 saturated heterocycles. The molecule has 0 aromatic heterocycles. The maximum absolute atomic E-state index is 12.7. The lowest BCUT2D eigenvalue weighted by Crippen LogP contribution is -2.41. The fourth-order valence-corrected chi connectivity index (χ4v) is 4.10. The first-order chi connectivity index (χ1) is 17.1. The number of Topliss-reactive ketones (excluding diaryl/α,β-unsaturated/α-hetero) is 1. The highest BCUT2D eigenvalue weighted by Crippen LogP contribution is 2.36. The zero-order chi connectivity index (χ0) is 28.2. The van der Waals surface area contributed by atoms with Crippen molar-refractivity contribution in [2.24, 2.45) is 22.1 Å². The lowest BCUT2D eigenvalue weighted by molar-refractivity contribution is -0.156. The third-order valence-electron chi connectivity index (χ3n) is 5.72. The Balaban J connectivity index is 2.37. The van der Waals surface area contributed by atoms with E-state index in [0.717, 1.165) is 6.42 Å². The molecule has 0 saturated carbocycles. The summed E-state index contributed by atoms with van der Waals surface area (Å²) >= 11 is 0. The van der Waals surface area contributed by atoms with Crippen LogP contribution in [0.25, 0.3) is 0 Å². The molecule has 1 rings (SSSR count). The Morgan fingerprint density at radius 3 is 2.43 bits per heavy atom. The van der Waals surface area contributed by atoms with Crippen LogP contribution in [0.15, 0.2) is 16.3 Å². The highest BCUT2D eigenvalue weighted by Gasteiger charge is 2.35. The second-order valence-electron chi connectivity index (χ2n) is 12.0. The van der Waals surface area contributed by atoms with E-state index in [1.54, 1.807) is 0 Å². The zero-order valence-electron chi connectivity index (χ0n) is 23.9. The molecule has 1 amide bonds. The van der Waals surface area contributed by atoms with Gasteiger partial charge in [-0.25, -0.2) is 0 Å². The van der Waals surface area contributed by atoms with Crippen molar-refractivity contribution >= 4 is 23.4 Å². The lowest BCUT2D eigenvalue weighted by atomic mass is 9.75. The molecule has 0 aromatic carbocycles. The molecular formula is C28H49N3O6. The summed E-state index contributed by atoms with van der Waals surface area (Å²) in [6, 6.07) is -0.630. The first kappa shape index (κ1) is 32.8. The number of aliphatic hydroxyl groups is 1. The Bertz CT molecular complexity index is 839. The molecule has 0 radical (unpaired) electrons. The largest absolute Gasteiger partial charge is 0.511 e. The average Bonchev–Trinajstić information content (AvgIpc) is 2.72. The normalized spacial score (nSPS) is 17.2. The predicted octanol–water partition coefficient (Wildman–Crippen LogP) is 4.04. The number of nitrogens with zero attached hydrogens (tertiary/aromatic N) is 1. The van der Waals surface area contributed by atoms with Crippen molar-refractivity contribution in [3.63, 3.8) is 0 Å². The standard InChI is InChI=1S/C28H49N3O6/c1-19(2)16-21(25-22(32)17-28(6,7)18-23(25)33)30-12-9-8-10-20(29)26(35)31-13-15-36-14-11-24(34)37-27(3,4)5/h19-20,32H,8-18,29H2,1-7H3,(H,31,35)/t20-/m0/s1. The average molecular weight is 524 g/mol. The third-order valence-corrected chi connectivity index (χ3v) is 5.72. The van der Waals surface area contributed by atoms with Gasteiger partial charge in [0.1, 0.15) is 11.4 Å². The topological polar surface area (TPSA) is 140 Å². The maximum atomic E-state index is 12.7. The Kier molecular flexibility index (Phi) is 13.5. The second-order valence-corrected chi connectivity index (χ2v) is 12.0. The number of hydrogen-bond acceptors (Lipinski definition) is 8. The van der Waals surface area contributed by atoms with E-state index in [1.807, 2.05) is 34.6 Å². The van der Waals surface area contributed by atoms with Crippen molar-refractivity contribution in [3.05, 3.63) is 11.3 Å². The molecule has 9 heteroatoms. The number of amides is 1. The van der Waals surface area contributed by atoms with E-state index in [0.29, 0.717) is 62.4 Å². The summed E-state index contributed by atoms with van der Waals surface area (Å²) in [5.41, 5.74) is 6.33. The molecule has 0 unspecified atom stereocenters. The minimum Gasteiger partial charge on any atom is -0.511 e. The zero-order valence-corrected chi connectivity index (χ0v) is 23.9. The number of nitrogens with two attached hydrogens (primary N) is 1. The van der Waals surface area contributed by atoms with Gasteiger partial charge in [0, 0.05) is 31.6 Å². The smallest absolute Gasteiger partial charge is 0.308 e. The minimum atomic E-state index is -0.630. The number of nitrogens with one attached hydrogen (secondary N) is 1. The molecule has 4 N–H and O–H groups in total. The van der Waals surface area contributed by atoms with Gasteiger partial charge in [-0.15, -0.1) is 0 Å². The first-order valence-corrected chi connectivity index (χ1v) is 13.4. The van der Waals surface area contributed by atoms with Crippen molar-refractivity contribution in [3.8, 4) is 0 Å². The molecule has 0 fully saturated rings. The summed E-state index contributed by atoms with van der Waals surface area (Å²) in [6.45, 7) is 14.9. The van der Waals surface area contributed by atoms with Gasteiger partial charge in [0.2, 0.25) is 5.91 Å². The number of carbonyl (C=O) groups is 3. The summed E-state index contributed by atoms with van der Waals surface area (Å²) in [5.74, 6) is -0.152. The van der Waals surface area contributed by atoms with Gasteiger partial charge in [-0.1, -0.05) is 27.7 Å². The van der Waals surface area contributed by atoms with Crippen molar-refractivity contribution in [2.45, 2.75) is 105 Å². The second kappa shape index (κ2) is 15.2. The van der Waals surface area contributed by atoms with E-state index < -0.39 is 11.6 Å². The fraction of sp³-hybridized carbons (Fsp3) is 0.786. The fourth-order valence-electron chi connectivity index (χ4n) is 4.10. The third kappa shape index (κ3) is 13.7. The Morgan fingerprint density at radius 2 is 1.84 bits per heavy atom. The molecule has 212 valence electrons. The van der Waals surface area contributed by atoms with Crippen LogP contribution in [0.1, 0.15) is 93.4 Å². The highest BCUT2D eigenvalue weighted by molar-refractivity contribution is 6.23. The number of hydrogen-bond donors (Lipinski definition) is 3. The van der Waals surface area contributed by atoms with Crippen LogP contribution in [0.2, 0.25) is 0 Å². The maximum Gasteiger partial charge on any atom is 0.308 e. The first-order valence-electron chi connectivity index (χ1n) is 13.4. The van der Waals surface area contributed by atoms with Gasteiger partial charge < -0.3 is 25.6 Å². The van der Waals surface area contributed by atoms with E-state index >= 15 is 0 Å². The highest BCUT2D eigenvalue weighted by atomic mass is 16.6. The van der Waals surface area contributed by atoms with Gasteiger partial charge in [-0.3, -0.25) is 19.4 Å². The number of ketones is 1. The molecule has 1 aliphatic rings. The molecule has 1 atom stereocenters. The Hall–Kier alpha value is -2.26. The number of allylic oxidation sites excluding steroid dienone is 2. The molecular weight excluding hydrogens is 474 g/mol. The van der Waals surface area contributed by atoms with Crippen molar-refractivity contribution < 1.29 is 29.0 Å². The van der Waals surface area contributed by atoms with Crippen LogP contribution in [-0.2, 0) is 23.9 Å². The number of aliphatic hydroxyl groups excluding tert-OH is 1. The number of aliphatic imine (C=N–C) groups is 1. The molecule has 37 heavy (non-hydrogen) atoms. The molecule has 0 aliphatic heterocycles. The number of ether oxygens (including phenoxy) is 2. The van der Waals surface area contributed by atoms with E-state index in [-0.39, 0.29) is 48.5 Å². The molecule has 0 spiro atoms. The van der Waals surface area contributed by atoms with Gasteiger partial charge in [-0.05, 0) is 57.8 Å². The van der Waals surface area contributed by atoms with Gasteiger partial charge in [-0.2, -0.15) is 0 Å². The summed E-state index contributed by atoms with van der Waals surface area (Å²) < 4.78 is 10.6. The van der Waals surface area contributed by atoms with Crippen molar-refractivity contribution in [1.82, 2.24) is 5.32 Å². The molecule has 0 heterocycles. The van der Waals surface area contributed by atoms with E-state index in [9.17, 15) is 19.5 Å². The molecule has 9 nitrogen and oxygen atoms in total. The monoisotopic (exact) mass is 523 g/mol. The SMILES string of the molecule is CC(C)CC(=NCCCC[C@H](N)C(=O)NCCOCCC(=O)OC(C)(C)C)C1=C(O)CC(C)(C)CC1=O. The van der Waals surface area contributed by atoms with Crippen LogP contribution in [0.3, 0.4) is 0 Å². The van der Waals surface area contributed by atoms with E-state index in [2.05, 4.69) is 24.2 Å². The number of esters is 1. The molecule has 1 aliphatic carbocycles. The molecule has 0 bridgehead atoms. The quantitative estimate of drug-likeness (QED) is 0.167. The minimum absolute atomic E-state index is 0.0411. The van der Waals surface area contributed by atoms with Crippen LogP contribution >= 0.6 is 0 Å². The number of carbonyl (C=O) groups excluding carboxylic acids is 3. The van der Waals surface area contributed by atoms with Gasteiger partial charge in [0.15, 0.2) is 5.78 Å². The summed E-state index contributed by atoms with van der Waals surface area (Å²) in [6.07, 6.45) is 3.63. The summed E-state index contributed by atoms with van der Waals surface area (Å²) in [7, 11) is 0. The van der Waals surface area contributed by atoms with Crippen molar-refractivity contribution in [2.75, 3.05) is 26.3 Å². The Morgan fingerprint density at radius 1 is 1.16 bits per heavy atom. The number of rotatable bonds is 15. The summed E-state index contributed by atoms with van der Waals surface area (Å²) in [4.78, 5) is 41.2. The van der Waals surface area contributed by atoms with Crippen LogP contribution in [-0.4, -0.2) is 66.4 Å². The Labute approximate surface area is 222 Å². The van der Waals surface area contributed by atoms with Crippen LogP contribution in [0.4, 0.5) is 0 Å². The van der Waals surface area contributed by atoms with Crippen molar-refractivity contribution in [1.29, 1.82) is 0 Å². The van der Waals surface area contributed by atoms with E-state index in [4.69, 9.17) is 15.2 Å². The van der Waals surface area contributed by atoms with Gasteiger partial charge in [0.25, 0.3) is 0 Å². The lowest BCUT2D eigenvalue weighted by Gasteiger charge is -2.30.